The van der Waals surface area contributed by atoms with Gasteiger partial charge in [-0.2, -0.15) is 0 Å². The van der Waals surface area contributed by atoms with E-state index in [9.17, 15) is 0 Å². The number of nitrogens with zero attached hydrogens (tertiary/aromatic N) is 3. The Morgan fingerprint density at radius 1 is 1.32 bits per heavy atom. The molecular weight excluding hydrogens is 238 g/mol. The van der Waals surface area contributed by atoms with Crippen molar-refractivity contribution in [2.75, 3.05) is 26.2 Å². The molecule has 2 atom stereocenters. The zero-order valence-corrected chi connectivity index (χ0v) is 11.8. The molecule has 1 aromatic rings. The van der Waals surface area contributed by atoms with E-state index in [1.807, 2.05) is 12.4 Å². The second-order valence-electron chi connectivity index (χ2n) is 5.86. The Balaban J connectivity index is 1.65. The molecule has 19 heavy (non-hydrogen) atoms. The first-order valence-corrected chi connectivity index (χ1v) is 7.22. The number of aromatic nitrogens is 1. The first-order chi connectivity index (χ1) is 9.24. The van der Waals surface area contributed by atoms with Gasteiger partial charge in [0.1, 0.15) is 0 Å². The molecular formula is C15H23N3O. The highest BCUT2D eigenvalue weighted by Crippen LogP contribution is 2.25. The fourth-order valence-corrected chi connectivity index (χ4v) is 3.31. The van der Waals surface area contributed by atoms with Gasteiger partial charge in [-0.1, -0.05) is 0 Å². The van der Waals surface area contributed by atoms with Gasteiger partial charge in [-0.15, -0.1) is 0 Å². The molecule has 3 rings (SSSR count). The first-order valence-electron chi connectivity index (χ1n) is 7.22. The molecule has 3 heterocycles. The number of fused-ring (bicyclic) bond motifs is 1. The van der Waals surface area contributed by atoms with Crippen LogP contribution in [0.2, 0.25) is 0 Å². The second kappa shape index (κ2) is 5.57. The third-order valence-corrected chi connectivity index (χ3v) is 4.24. The predicted molar refractivity (Wildman–Crippen MR) is 74.9 cm³/mol. The lowest BCUT2D eigenvalue weighted by molar-refractivity contribution is -0.0583. The van der Waals surface area contributed by atoms with Crippen LogP contribution in [0.4, 0.5) is 0 Å². The van der Waals surface area contributed by atoms with Crippen LogP contribution >= 0.6 is 0 Å². The van der Waals surface area contributed by atoms with E-state index in [1.54, 1.807) is 0 Å². The zero-order chi connectivity index (χ0) is 13.2. The summed E-state index contributed by atoms with van der Waals surface area (Å²) in [5.74, 6) is 0. The summed E-state index contributed by atoms with van der Waals surface area (Å²) in [5, 5.41) is 0. The van der Waals surface area contributed by atoms with E-state index in [4.69, 9.17) is 4.74 Å². The highest BCUT2D eigenvalue weighted by Gasteiger charge is 2.40. The van der Waals surface area contributed by atoms with Crippen LogP contribution in [0.5, 0.6) is 0 Å². The van der Waals surface area contributed by atoms with Crippen molar-refractivity contribution in [3.63, 3.8) is 0 Å². The minimum absolute atomic E-state index is 0.387. The van der Waals surface area contributed by atoms with Crippen LogP contribution in [0.1, 0.15) is 19.4 Å². The third kappa shape index (κ3) is 2.81. The predicted octanol–water partition coefficient (Wildman–Crippen LogP) is 1.37. The molecule has 0 amide bonds. The Morgan fingerprint density at radius 2 is 2.11 bits per heavy atom. The number of ether oxygens (including phenoxy) is 1. The summed E-state index contributed by atoms with van der Waals surface area (Å²) < 4.78 is 5.95. The molecule has 0 aliphatic carbocycles. The van der Waals surface area contributed by atoms with Crippen LogP contribution in [0, 0.1) is 0 Å². The molecule has 0 saturated carbocycles. The summed E-state index contributed by atoms with van der Waals surface area (Å²) >= 11 is 0. The summed E-state index contributed by atoms with van der Waals surface area (Å²) in [6, 6.07) is 5.37. The quantitative estimate of drug-likeness (QED) is 0.822. The molecule has 104 valence electrons. The molecule has 2 aliphatic heterocycles. The summed E-state index contributed by atoms with van der Waals surface area (Å²) in [6.45, 7) is 9.69. The van der Waals surface area contributed by atoms with Crippen LogP contribution in [0.3, 0.4) is 0 Å². The maximum Gasteiger partial charge on any atom is 0.0870 e. The Kier molecular flexibility index (Phi) is 3.82. The highest BCUT2D eigenvalue weighted by molar-refractivity contribution is 5.10. The summed E-state index contributed by atoms with van der Waals surface area (Å²) in [4.78, 5) is 9.18. The summed E-state index contributed by atoms with van der Waals surface area (Å²) in [5.41, 5.74) is 1.34. The lowest BCUT2D eigenvalue weighted by Crippen LogP contribution is -2.53. The number of hydrogen-bond acceptors (Lipinski definition) is 4. The van der Waals surface area contributed by atoms with Gasteiger partial charge in [0.05, 0.1) is 18.8 Å². The van der Waals surface area contributed by atoms with Crippen molar-refractivity contribution in [1.29, 1.82) is 0 Å². The van der Waals surface area contributed by atoms with E-state index < -0.39 is 0 Å². The zero-order valence-electron chi connectivity index (χ0n) is 11.8. The average Bonchev–Trinajstić information content (AvgIpc) is 2.81. The minimum atomic E-state index is 0.387. The van der Waals surface area contributed by atoms with Gasteiger partial charge in [-0.3, -0.25) is 14.8 Å². The molecule has 0 bridgehead atoms. The molecule has 0 aromatic carbocycles. The Morgan fingerprint density at radius 3 is 2.84 bits per heavy atom. The van der Waals surface area contributed by atoms with Crippen molar-refractivity contribution in [1.82, 2.24) is 14.8 Å². The summed E-state index contributed by atoms with van der Waals surface area (Å²) in [6.07, 6.45) is 4.13. The standard InChI is InChI=1S/C15H23N3O/c1-12(2)18-7-8-19-15-11-17(10-14(15)18)9-13-3-5-16-6-4-13/h3-6,12,14-15H,7-11H2,1-2H3/t14-,15+/m0/s1. The number of hydrogen-bond donors (Lipinski definition) is 0. The van der Waals surface area contributed by atoms with Crippen LogP contribution in [0.25, 0.3) is 0 Å². The van der Waals surface area contributed by atoms with Gasteiger partial charge in [-0.05, 0) is 31.5 Å². The van der Waals surface area contributed by atoms with Gasteiger partial charge in [0, 0.05) is 44.6 Å². The summed E-state index contributed by atoms with van der Waals surface area (Å²) in [7, 11) is 0. The largest absolute Gasteiger partial charge is 0.374 e. The van der Waals surface area contributed by atoms with E-state index >= 15 is 0 Å². The fraction of sp³-hybridized carbons (Fsp3) is 0.667. The fourth-order valence-electron chi connectivity index (χ4n) is 3.31. The van der Waals surface area contributed by atoms with Crippen molar-refractivity contribution in [2.24, 2.45) is 0 Å². The Bertz CT molecular complexity index is 409. The van der Waals surface area contributed by atoms with Crippen LogP contribution in [-0.2, 0) is 11.3 Å². The molecule has 0 radical (unpaired) electrons. The van der Waals surface area contributed by atoms with Crippen LogP contribution in [-0.4, -0.2) is 59.2 Å². The van der Waals surface area contributed by atoms with Crippen LogP contribution < -0.4 is 0 Å². The molecule has 1 aromatic heterocycles. The van der Waals surface area contributed by atoms with E-state index in [0.717, 1.165) is 32.8 Å². The van der Waals surface area contributed by atoms with Crippen LogP contribution in [0.15, 0.2) is 24.5 Å². The van der Waals surface area contributed by atoms with Gasteiger partial charge in [0.2, 0.25) is 0 Å². The third-order valence-electron chi connectivity index (χ3n) is 4.24. The molecule has 4 heteroatoms. The van der Waals surface area contributed by atoms with E-state index in [2.05, 4.69) is 40.8 Å². The Labute approximate surface area is 115 Å². The van der Waals surface area contributed by atoms with E-state index in [-0.39, 0.29) is 0 Å². The van der Waals surface area contributed by atoms with Crippen molar-refractivity contribution >= 4 is 0 Å². The van der Waals surface area contributed by atoms with E-state index in [1.165, 1.54) is 5.56 Å². The molecule has 2 fully saturated rings. The molecule has 2 aliphatic rings. The lowest BCUT2D eigenvalue weighted by Gasteiger charge is -2.39. The van der Waals surface area contributed by atoms with Gasteiger partial charge in [0.25, 0.3) is 0 Å². The normalized spacial score (nSPS) is 28.8. The van der Waals surface area contributed by atoms with Crippen molar-refractivity contribution < 1.29 is 4.74 Å². The SMILES string of the molecule is CC(C)N1CCO[C@@H]2CN(Cc3ccncc3)C[C@@H]21. The molecule has 0 N–H and O–H groups in total. The van der Waals surface area contributed by atoms with Gasteiger partial charge < -0.3 is 4.74 Å². The number of morpholine rings is 1. The molecule has 0 unspecified atom stereocenters. The smallest absolute Gasteiger partial charge is 0.0870 e. The van der Waals surface area contributed by atoms with Gasteiger partial charge >= 0.3 is 0 Å². The van der Waals surface area contributed by atoms with Crippen molar-refractivity contribution in [3.05, 3.63) is 30.1 Å². The van der Waals surface area contributed by atoms with Crippen molar-refractivity contribution in [3.8, 4) is 0 Å². The van der Waals surface area contributed by atoms with Gasteiger partial charge in [0.15, 0.2) is 0 Å². The highest BCUT2D eigenvalue weighted by atomic mass is 16.5. The number of likely N-dealkylation sites (tertiary alicyclic amines) is 1. The maximum atomic E-state index is 5.95. The second-order valence-corrected chi connectivity index (χ2v) is 5.86. The van der Waals surface area contributed by atoms with E-state index in [0.29, 0.717) is 18.2 Å². The van der Waals surface area contributed by atoms with Crippen molar-refractivity contribution in [2.45, 2.75) is 38.6 Å². The maximum absolute atomic E-state index is 5.95. The monoisotopic (exact) mass is 261 g/mol. The average molecular weight is 261 g/mol. The molecule has 0 spiro atoms. The molecule has 4 nitrogen and oxygen atoms in total. The topological polar surface area (TPSA) is 28.6 Å². The Hall–Kier alpha value is -0.970. The first kappa shape index (κ1) is 13.0. The number of pyridine rings is 1. The lowest BCUT2D eigenvalue weighted by atomic mass is 10.1. The van der Waals surface area contributed by atoms with Gasteiger partial charge in [-0.25, -0.2) is 0 Å². The molecule has 2 saturated heterocycles. The number of rotatable bonds is 3. The minimum Gasteiger partial charge on any atom is -0.374 e.